The van der Waals surface area contributed by atoms with Gasteiger partial charge in [-0.15, -0.1) is 0 Å². The van der Waals surface area contributed by atoms with Crippen LogP contribution in [-0.4, -0.2) is 48.4 Å². The highest BCUT2D eigenvalue weighted by molar-refractivity contribution is 5.85. The summed E-state index contributed by atoms with van der Waals surface area (Å²) in [6.45, 7) is 2.95. The number of piperidine rings is 1. The Labute approximate surface area is 163 Å². The lowest BCUT2D eigenvalue weighted by molar-refractivity contribution is 0.206. The molecule has 4 aromatic rings. The van der Waals surface area contributed by atoms with E-state index in [0.717, 1.165) is 60.4 Å². The number of hydrogen-bond acceptors (Lipinski definition) is 6. The number of hydrogen-bond donors (Lipinski definition) is 2. The maximum Gasteiger partial charge on any atom is 0.158 e. The van der Waals surface area contributed by atoms with E-state index in [0.29, 0.717) is 6.04 Å². The predicted molar refractivity (Wildman–Crippen MR) is 109 cm³/mol. The van der Waals surface area contributed by atoms with Crippen molar-refractivity contribution < 1.29 is 0 Å². The Morgan fingerprint density at radius 3 is 2.89 bits per heavy atom. The van der Waals surface area contributed by atoms with E-state index in [1.807, 2.05) is 28.6 Å². The monoisotopic (exact) mass is 376 g/mol. The second kappa shape index (κ2) is 6.88. The quantitative estimate of drug-likeness (QED) is 0.568. The largest absolute Gasteiger partial charge is 0.338 e. The van der Waals surface area contributed by atoms with Crippen LogP contribution in [0.3, 0.4) is 0 Å². The van der Waals surface area contributed by atoms with Gasteiger partial charge < -0.3 is 11.1 Å². The molecule has 0 atom stereocenters. The average molecular weight is 376 g/mol. The molecule has 28 heavy (non-hydrogen) atoms. The molecule has 5 rings (SSSR count). The number of benzene rings is 1. The molecule has 3 N–H and O–H groups in total. The van der Waals surface area contributed by atoms with Crippen LogP contribution < -0.4 is 11.1 Å². The van der Waals surface area contributed by atoms with Gasteiger partial charge in [-0.1, -0.05) is 0 Å². The lowest BCUT2D eigenvalue weighted by atomic mass is 10.1. The van der Waals surface area contributed by atoms with E-state index in [1.54, 1.807) is 6.33 Å². The summed E-state index contributed by atoms with van der Waals surface area (Å²) in [6, 6.07) is 8.69. The first-order valence-corrected chi connectivity index (χ1v) is 9.65. The SMILES string of the molecule is Cn1ncc2cc(Nc3ncnn4ccc(CN5CCC(N)CC5)c34)ccc21. The predicted octanol–water partition coefficient (Wildman–Crippen LogP) is 2.28. The van der Waals surface area contributed by atoms with Gasteiger partial charge in [-0.3, -0.25) is 9.58 Å². The van der Waals surface area contributed by atoms with Gasteiger partial charge in [0.2, 0.25) is 0 Å². The first-order chi connectivity index (χ1) is 13.7. The van der Waals surface area contributed by atoms with Crippen molar-refractivity contribution in [2.24, 2.45) is 12.8 Å². The van der Waals surface area contributed by atoms with E-state index in [-0.39, 0.29) is 0 Å². The minimum Gasteiger partial charge on any atom is -0.338 e. The van der Waals surface area contributed by atoms with Crippen LogP contribution in [0.1, 0.15) is 18.4 Å². The topological polar surface area (TPSA) is 89.3 Å². The van der Waals surface area contributed by atoms with Crippen LogP contribution in [0.2, 0.25) is 0 Å². The zero-order valence-corrected chi connectivity index (χ0v) is 15.9. The summed E-state index contributed by atoms with van der Waals surface area (Å²) in [4.78, 5) is 6.98. The summed E-state index contributed by atoms with van der Waals surface area (Å²) in [7, 11) is 1.95. The first kappa shape index (κ1) is 17.2. The average Bonchev–Trinajstić information content (AvgIpc) is 3.28. The Morgan fingerprint density at radius 2 is 2.04 bits per heavy atom. The Bertz CT molecular complexity index is 1120. The summed E-state index contributed by atoms with van der Waals surface area (Å²) < 4.78 is 3.76. The lowest BCUT2D eigenvalue weighted by Gasteiger charge is -2.29. The van der Waals surface area contributed by atoms with Crippen molar-refractivity contribution >= 4 is 27.9 Å². The van der Waals surface area contributed by atoms with Gasteiger partial charge in [-0.25, -0.2) is 9.50 Å². The van der Waals surface area contributed by atoms with Gasteiger partial charge >= 0.3 is 0 Å². The van der Waals surface area contributed by atoms with Gasteiger partial charge in [-0.2, -0.15) is 10.2 Å². The van der Waals surface area contributed by atoms with E-state index < -0.39 is 0 Å². The third-order valence-corrected chi connectivity index (χ3v) is 5.57. The summed E-state index contributed by atoms with van der Waals surface area (Å²) in [5, 5.41) is 13.3. The van der Waals surface area contributed by atoms with Crippen molar-refractivity contribution in [1.29, 1.82) is 0 Å². The van der Waals surface area contributed by atoms with Crippen LogP contribution in [0, 0.1) is 0 Å². The van der Waals surface area contributed by atoms with E-state index in [4.69, 9.17) is 5.73 Å². The van der Waals surface area contributed by atoms with Crippen molar-refractivity contribution in [2.75, 3.05) is 18.4 Å². The second-order valence-corrected chi connectivity index (χ2v) is 7.52. The molecule has 3 aromatic heterocycles. The molecule has 0 amide bonds. The number of likely N-dealkylation sites (tertiary alicyclic amines) is 1. The summed E-state index contributed by atoms with van der Waals surface area (Å²) in [6.07, 6.45) is 7.57. The standard InChI is InChI=1S/C20H24N8/c1-26-18-3-2-17(10-15(18)11-23-26)25-20-19-14(4-9-28(19)24-13-22-20)12-27-7-5-16(21)6-8-27/h2-4,9-11,13,16H,5-8,12,21H2,1H3,(H,22,24,25). The highest BCUT2D eigenvalue weighted by atomic mass is 15.3. The zero-order chi connectivity index (χ0) is 19.1. The van der Waals surface area contributed by atoms with Crippen molar-refractivity contribution in [1.82, 2.24) is 29.3 Å². The molecule has 8 heteroatoms. The maximum atomic E-state index is 6.05. The molecular weight excluding hydrogens is 352 g/mol. The molecule has 0 unspecified atom stereocenters. The van der Waals surface area contributed by atoms with Gasteiger partial charge in [0, 0.05) is 36.9 Å². The first-order valence-electron chi connectivity index (χ1n) is 9.65. The van der Waals surface area contributed by atoms with E-state index in [9.17, 15) is 0 Å². The van der Waals surface area contributed by atoms with Crippen molar-refractivity contribution in [3.05, 3.63) is 48.5 Å². The molecule has 1 fully saturated rings. The van der Waals surface area contributed by atoms with Crippen molar-refractivity contribution in [3.63, 3.8) is 0 Å². The number of rotatable bonds is 4. The maximum absolute atomic E-state index is 6.05. The van der Waals surface area contributed by atoms with Crippen LogP contribution >= 0.6 is 0 Å². The Kier molecular flexibility index (Phi) is 4.22. The third kappa shape index (κ3) is 3.10. The van der Waals surface area contributed by atoms with Gasteiger partial charge in [-0.05, 0) is 55.8 Å². The highest BCUT2D eigenvalue weighted by Gasteiger charge is 2.19. The van der Waals surface area contributed by atoms with Gasteiger partial charge in [0.1, 0.15) is 11.8 Å². The normalized spacial score (nSPS) is 16.2. The highest BCUT2D eigenvalue weighted by Crippen LogP contribution is 2.26. The molecule has 1 aliphatic rings. The third-order valence-electron chi connectivity index (χ3n) is 5.57. The molecule has 0 radical (unpaired) electrons. The van der Waals surface area contributed by atoms with Crippen LogP contribution in [0.25, 0.3) is 16.4 Å². The summed E-state index contributed by atoms with van der Waals surface area (Å²) >= 11 is 0. The molecule has 144 valence electrons. The van der Waals surface area contributed by atoms with E-state index >= 15 is 0 Å². The lowest BCUT2D eigenvalue weighted by Crippen LogP contribution is -2.39. The van der Waals surface area contributed by atoms with Gasteiger partial charge in [0.25, 0.3) is 0 Å². The number of nitrogens with two attached hydrogens (primary N) is 1. The van der Waals surface area contributed by atoms with Crippen molar-refractivity contribution in [3.8, 4) is 0 Å². The molecule has 0 saturated carbocycles. The fraction of sp³-hybridized carbons (Fsp3) is 0.350. The van der Waals surface area contributed by atoms with Crippen LogP contribution in [0.5, 0.6) is 0 Å². The van der Waals surface area contributed by atoms with Gasteiger partial charge in [0.15, 0.2) is 5.82 Å². The fourth-order valence-corrected chi connectivity index (χ4v) is 3.97. The smallest absolute Gasteiger partial charge is 0.158 e. The Balaban J connectivity index is 1.45. The molecule has 0 bridgehead atoms. The molecule has 1 aromatic carbocycles. The molecule has 1 saturated heterocycles. The van der Waals surface area contributed by atoms with Crippen LogP contribution in [0.15, 0.2) is 43.0 Å². The summed E-state index contributed by atoms with van der Waals surface area (Å²) in [5.41, 5.74) is 10.4. The minimum absolute atomic E-state index is 0.338. The molecule has 0 aliphatic carbocycles. The van der Waals surface area contributed by atoms with Crippen molar-refractivity contribution in [2.45, 2.75) is 25.4 Å². The van der Waals surface area contributed by atoms with E-state index in [1.165, 1.54) is 5.56 Å². The number of nitrogens with zero attached hydrogens (tertiary/aromatic N) is 6. The molecular formula is C20H24N8. The molecule has 4 heterocycles. The van der Waals surface area contributed by atoms with Gasteiger partial charge in [0.05, 0.1) is 11.7 Å². The number of nitrogens with one attached hydrogen (secondary N) is 1. The number of aryl methyl sites for hydroxylation is 1. The molecule has 0 spiro atoms. The van der Waals surface area contributed by atoms with Crippen LogP contribution in [-0.2, 0) is 13.6 Å². The summed E-state index contributed by atoms with van der Waals surface area (Å²) in [5.74, 6) is 0.812. The Morgan fingerprint density at radius 1 is 1.18 bits per heavy atom. The minimum atomic E-state index is 0.338. The van der Waals surface area contributed by atoms with E-state index in [2.05, 4.69) is 49.7 Å². The fourth-order valence-electron chi connectivity index (χ4n) is 3.97. The molecule has 8 nitrogen and oxygen atoms in total. The number of anilines is 2. The number of fused-ring (bicyclic) bond motifs is 2. The zero-order valence-electron chi connectivity index (χ0n) is 15.9. The number of aromatic nitrogens is 5. The Hall–Kier alpha value is -2.97. The van der Waals surface area contributed by atoms with Crippen LogP contribution in [0.4, 0.5) is 11.5 Å². The second-order valence-electron chi connectivity index (χ2n) is 7.52. The molecule has 1 aliphatic heterocycles.